The Bertz CT molecular complexity index is 929. The van der Waals surface area contributed by atoms with Crippen LogP contribution >= 0.6 is 0 Å². The zero-order valence-electron chi connectivity index (χ0n) is 16.8. The van der Waals surface area contributed by atoms with Crippen molar-refractivity contribution in [1.82, 2.24) is 10.3 Å². The highest BCUT2D eigenvalue weighted by Crippen LogP contribution is 2.28. The third-order valence-corrected chi connectivity index (χ3v) is 3.58. The Morgan fingerprint density at radius 3 is 1.94 bits per heavy atom. The Morgan fingerprint density at radius 1 is 0.906 bits per heavy atom. The molecule has 0 bridgehead atoms. The van der Waals surface area contributed by atoms with E-state index in [2.05, 4.69) is 15.3 Å². The molecule has 3 rings (SSSR count). The number of carboxylic acid groups (broad SMARTS) is 4. The van der Waals surface area contributed by atoms with E-state index in [9.17, 15) is 0 Å². The molecule has 0 fully saturated rings. The number of carboxylic acids is 4. The molecule has 1 aliphatic heterocycles. The van der Waals surface area contributed by atoms with E-state index in [0.717, 1.165) is 35.9 Å². The lowest BCUT2D eigenvalue weighted by molar-refractivity contribution is -0.159. The lowest BCUT2D eigenvalue weighted by atomic mass is 10.1. The van der Waals surface area contributed by atoms with Gasteiger partial charge in [0.25, 0.3) is 0 Å². The smallest absolute Gasteiger partial charge is 0.414 e. The maximum Gasteiger partial charge on any atom is 0.414 e. The minimum Gasteiger partial charge on any atom is -0.482 e. The molecule has 1 aromatic carbocycles. The van der Waals surface area contributed by atoms with E-state index in [1.54, 1.807) is 6.20 Å². The minimum absolute atomic E-state index is 0.0811. The van der Waals surface area contributed by atoms with Crippen LogP contribution < -0.4 is 10.1 Å². The summed E-state index contributed by atoms with van der Waals surface area (Å²) >= 11 is 0. The molecule has 0 amide bonds. The van der Waals surface area contributed by atoms with Crippen molar-refractivity contribution in [2.45, 2.75) is 13.0 Å². The monoisotopic (exact) mass is 447 g/mol. The van der Waals surface area contributed by atoms with Crippen LogP contribution in [0.25, 0.3) is 11.3 Å². The van der Waals surface area contributed by atoms with E-state index in [0.29, 0.717) is 0 Å². The first-order valence-corrected chi connectivity index (χ1v) is 9.01. The van der Waals surface area contributed by atoms with E-state index >= 15 is 0 Å². The first-order valence-electron chi connectivity index (χ1n) is 9.01. The molecule has 2 heterocycles. The number of nitrogens with one attached hydrogen (secondary N) is 1. The number of amidine groups is 1. The second-order valence-electron chi connectivity index (χ2n) is 5.89. The molecule has 12 nitrogen and oxygen atoms in total. The van der Waals surface area contributed by atoms with Crippen molar-refractivity contribution in [3.05, 3.63) is 48.7 Å². The molecule has 32 heavy (non-hydrogen) atoms. The van der Waals surface area contributed by atoms with Gasteiger partial charge in [-0.3, -0.25) is 9.98 Å². The van der Waals surface area contributed by atoms with Crippen LogP contribution in [0.5, 0.6) is 5.75 Å². The molecule has 1 aromatic heterocycles. The van der Waals surface area contributed by atoms with Gasteiger partial charge in [0.2, 0.25) is 0 Å². The van der Waals surface area contributed by atoms with Crippen LogP contribution in [0.3, 0.4) is 0 Å². The Balaban J connectivity index is 0.000000355. The third-order valence-electron chi connectivity index (χ3n) is 3.58. The van der Waals surface area contributed by atoms with Gasteiger partial charge in [0.05, 0.1) is 12.2 Å². The number of aliphatic carboxylic acids is 4. The molecule has 5 N–H and O–H groups in total. The quantitative estimate of drug-likeness (QED) is 0.416. The zero-order chi connectivity index (χ0) is 24.1. The fraction of sp³-hybridized carbons (Fsp3) is 0.200. The fourth-order valence-corrected chi connectivity index (χ4v) is 2.24. The number of para-hydroxylation sites is 1. The molecule has 2 aromatic rings. The number of aliphatic imine (C=N–C) groups is 1. The number of hydrogen-bond acceptors (Lipinski definition) is 8. The molecule has 0 saturated heterocycles. The average Bonchev–Trinajstić information content (AvgIpc) is 3.31. The highest BCUT2D eigenvalue weighted by Gasteiger charge is 2.17. The second-order valence-corrected chi connectivity index (χ2v) is 5.89. The summed E-state index contributed by atoms with van der Waals surface area (Å²) in [4.78, 5) is 45.2. The average molecular weight is 447 g/mol. The van der Waals surface area contributed by atoms with Crippen LogP contribution in [0.2, 0.25) is 0 Å². The Morgan fingerprint density at radius 2 is 1.47 bits per heavy atom. The third kappa shape index (κ3) is 8.90. The standard InChI is InChI=1S/C16H17N3O.2C2H2O4/c1-12(16-18-10-11-19-16)20-15-8-3-2-6-13(15)14-7-4-5-9-17-14;2*3-1(4)2(5)6/h2-9,12H,10-11H2,1H3,(H,18,19);2*(H,3,4)(H,5,6). The van der Waals surface area contributed by atoms with Crippen LogP contribution in [0, 0.1) is 0 Å². The van der Waals surface area contributed by atoms with Crippen LogP contribution in [0.1, 0.15) is 6.92 Å². The van der Waals surface area contributed by atoms with Gasteiger partial charge < -0.3 is 30.5 Å². The number of hydrogen-bond donors (Lipinski definition) is 5. The van der Waals surface area contributed by atoms with E-state index in [1.165, 1.54) is 0 Å². The van der Waals surface area contributed by atoms with E-state index in [4.69, 9.17) is 44.3 Å². The van der Waals surface area contributed by atoms with Gasteiger partial charge in [-0.1, -0.05) is 18.2 Å². The summed E-state index contributed by atoms with van der Waals surface area (Å²) in [6.45, 7) is 3.72. The summed E-state index contributed by atoms with van der Waals surface area (Å²) in [6, 6.07) is 13.8. The van der Waals surface area contributed by atoms with E-state index in [1.807, 2.05) is 49.4 Å². The molecule has 0 spiro atoms. The topological polar surface area (TPSA) is 196 Å². The zero-order valence-corrected chi connectivity index (χ0v) is 16.8. The van der Waals surface area contributed by atoms with Gasteiger partial charge in [-0.25, -0.2) is 19.2 Å². The summed E-state index contributed by atoms with van der Waals surface area (Å²) in [5.74, 6) is -5.55. The number of pyridine rings is 1. The van der Waals surface area contributed by atoms with Crippen molar-refractivity contribution in [2.24, 2.45) is 4.99 Å². The van der Waals surface area contributed by atoms with Crippen molar-refractivity contribution in [1.29, 1.82) is 0 Å². The summed E-state index contributed by atoms with van der Waals surface area (Å²) in [6.07, 6.45) is 1.71. The molecule has 1 unspecified atom stereocenters. The number of carbonyl (C=O) groups is 4. The van der Waals surface area contributed by atoms with Gasteiger partial charge in [0, 0.05) is 18.3 Å². The van der Waals surface area contributed by atoms with Gasteiger partial charge in [0.15, 0.2) is 6.10 Å². The van der Waals surface area contributed by atoms with Crippen LogP contribution in [0.4, 0.5) is 0 Å². The van der Waals surface area contributed by atoms with Crippen LogP contribution in [0.15, 0.2) is 53.7 Å². The Hall–Kier alpha value is -4.48. The second kappa shape index (κ2) is 13.0. The lowest BCUT2D eigenvalue weighted by Crippen LogP contribution is -2.33. The number of aromatic nitrogens is 1. The van der Waals surface area contributed by atoms with Gasteiger partial charge in [-0.15, -0.1) is 0 Å². The SMILES string of the molecule is CC(Oc1ccccc1-c1ccccn1)C1=NCCN1.O=C(O)C(=O)O.O=C(O)C(=O)O. The maximum absolute atomic E-state index is 9.10. The number of rotatable bonds is 4. The molecular formula is C20H21N3O9. The van der Waals surface area contributed by atoms with Gasteiger partial charge in [0.1, 0.15) is 11.6 Å². The predicted octanol–water partition coefficient (Wildman–Crippen LogP) is 0.829. The molecule has 0 aliphatic carbocycles. The Labute approximate surface area is 181 Å². The highest BCUT2D eigenvalue weighted by atomic mass is 16.5. The van der Waals surface area contributed by atoms with Gasteiger partial charge in [-0.2, -0.15) is 0 Å². The molecule has 1 atom stereocenters. The summed E-state index contributed by atoms with van der Waals surface area (Å²) < 4.78 is 6.05. The first-order chi connectivity index (χ1) is 15.1. The van der Waals surface area contributed by atoms with Crippen LogP contribution in [-0.2, 0) is 19.2 Å². The molecule has 12 heteroatoms. The van der Waals surface area contributed by atoms with Crippen molar-refractivity contribution in [2.75, 3.05) is 13.1 Å². The molecule has 170 valence electrons. The summed E-state index contributed by atoms with van der Waals surface area (Å²) in [5.41, 5.74) is 1.91. The molecule has 1 aliphatic rings. The van der Waals surface area contributed by atoms with Crippen molar-refractivity contribution >= 4 is 29.7 Å². The minimum atomic E-state index is -1.82. The lowest BCUT2D eigenvalue weighted by Gasteiger charge is -2.17. The van der Waals surface area contributed by atoms with E-state index in [-0.39, 0.29) is 6.10 Å². The first kappa shape index (κ1) is 25.6. The summed E-state index contributed by atoms with van der Waals surface area (Å²) in [7, 11) is 0. The number of benzene rings is 1. The predicted molar refractivity (Wildman–Crippen MR) is 111 cm³/mol. The molecule has 0 saturated carbocycles. The largest absolute Gasteiger partial charge is 0.482 e. The highest BCUT2D eigenvalue weighted by molar-refractivity contribution is 6.27. The van der Waals surface area contributed by atoms with Crippen LogP contribution in [-0.4, -0.2) is 74.3 Å². The van der Waals surface area contributed by atoms with Crippen molar-refractivity contribution in [3.8, 4) is 17.0 Å². The van der Waals surface area contributed by atoms with Gasteiger partial charge in [-0.05, 0) is 31.2 Å². The number of ether oxygens (including phenoxy) is 1. The summed E-state index contributed by atoms with van der Waals surface area (Å²) in [5, 5.41) is 32.8. The van der Waals surface area contributed by atoms with Crippen molar-refractivity contribution < 1.29 is 44.3 Å². The fourth-order valence-electron chi connectivity index (χ4n) is 2.24. The molecule has 0 radical (unpaired) electrons. The van der Waals surface area contributed by atoms with Crippen molar-refractivity contribution in [3.63, 3.8) is 0 Å². The molecular weight excluding hydrogens is 426 g/mol. The van der Waals surface area contributed by atoms with Gasteiger partial charge >= 0.3 is 23.9 Å². The maximum atomic E-state index is 9.10. The van der Waals surface area contributed by atoms with E-state index < -0.39 is 23.9 Å². The Kier molecular flexibility index (Phi) is 10.3. The number of nitrogens with zero attached hydrogens (tertiary/aromatic N) is 2. The normalized spacial score (nSPS) is 12.3.